The molecule has 7 heteroatoms. The molecular formula is C22H23FN4O2. The Labute approximate surface area is 168 Å². The lowest BCUT2D eigenvalue weighted by molar-refractivity contribution is -0.131. The number of amides is 1. The number of hydrogen-bond donors (Lipinski definition) is 0. The minimum Gasteiger partial charge on any atom is -0.368 e. The third-order valence-electron chi connectivity index (χ3n) is 5.21. The predicted molar refractivity (Wildman–Crippen MR) is 108 cm³/mol. The molecule has 0 aliphatic carbocycles. The van der Waals surface area contributed by atoms with E-state index >= 15 is 0 Å². The summed E-state index contributed by atoms with van der Waals surface area (Å²) in [6.45, 7) is 5.17. The summed E-state index contributed by atoms with van der Waals surface area (Å²) in [6.07, 6.45) is 0.723. The maximum atomic E-state index is 13.0. The average Bonchev–Trinajstić information content (AvgIpc) is 3.22. The second-order valence-corrected chi connectivity index (χ2v) is 7.17. The van der Waals surface area contributed by atoms with Crippen LogP contribution in [0, 0.1) is 12.7 Å². The zero-order valence-corrected chi connectivity index (χ0v) is 16.3. The van der Waals surface area contributed by atoms with Gasteiger partial charge in [0.25, 0.3) is 0 Å². The average molecular weight is 394 g/mol. The van der Waals surface area contributed by atoms with Gasteiger partial charge in [-0.1, -0.05) is 23.4 Å². The number of anilines is 1. The van der Waals surface area contributed by atoms with Crippen LogP contribution in [0.4, 0.5) is 10.1 Å². The molecule has 1 saturated heterocycles. The van der Waals surface area contributed by atoms with Gasteiger partial charge in [0.1, 0.15) is 5.82 Å². The summed E-state index contributed by atoms with van der Waals surface area (Å²) < 4.78 is 18.3. The van der Waals surface area contributed by atoms with E-state index in [9.17, 15) is 9.18 Å². The molecule has 0 atom stereocenters. The number of benzene rings is 2. The van der Waals surface area contributed by atoms with Crippen molar-refractivity contribution in [3.63, 3.8) is 0 Å². The van der Waals surface area contributed by atoms with Crippen molar-refractivity contribution in [1.82, 2.24) is 15.0 Å². The highest BCUT2D eigenvalue weighted by Crippen LogP contribution is 2.21. The molecule has 1 aromatic heterocycles. The van der Waals surface area contributed by atoms with Gasteiger partial charge in [-0.25, -0.2) is 4.39 Å². The third kappa shape index (κ3) is 4.45. The third-order valence-corrected chi connectivity index (χ3v) is 5.21. The molecule has 0 unspecified atom stereocenters. The van der Waals surface area contributed by atoms with Crippen LogP contribution >= 0.6 is 0 Å². The summed E-state index contributed by atoms with van der Waals surface area (Å²) in [6, 6.07) is 14.2. The number of para-hydroxylation sites is 1. The molecular weight excluding hydrogens is 371 g/mol. The van der Waals surface area contributed by atoms with E-state index in [-0.39, 0.29) is 11.7 Å². The van der Waals surface area contributed by atoms with Crippen LogP contribution in [0.2, 0.25) is 0 Å². The van der Waals surface area contributed by atoms with Gasteiger partial charge in [0, 0.05) is 50.3 Å². The van der Waals surface area contributed by atoms with Crippen molar-refractivity contribution in [2.75, 3.05) is 31.1 Å². The quantitative estimate of drug-likeness (QED) is 0.663. The normalized spacial score (nSPS) is 14.3. The van der Waals surface area contributed by atoms with Crippen LogP contribution in [0.5, 0.6) is 0 Å². The number of halogens is 1. The van der Waals surface area contributed by atoms with Crippen molar-refractivity contribution in [3.05, 3.63) is 65.8 Å². The fraction of sp³-hybridized carbons (Fsp3) is 0.318. The highest BCUT2D eigenvalue weighted by Gasteiger charge is 2.22. The Morgan fingerprint density at radius 2 is 1.79 bits per heavy atom. The molecule has 0 radical (unpaired) electrons. The van der Waals surface area contributed by atoms with E-state index < -0.39 is 0 Å². The highest BCUT2D eigenvalue weighted by molar-refractivity contribution is 5.76. The number of aromatic nitrogens is 2. The molecule has 1 amide bonds. The first-order chi connectivity index (χ1) is 14.1. The van der Waals surface area contributed by atoms with Gasteiger partial charge in [-0.15, -0.1) is 0 Å². The zero-order chi connectivity index (χ0) is 20.2. The van der Waals surface area contributed by atoms with Gasteiger partial charge in [-0.05, 0) is 42.8 Å². The number of carbonyl (C=O) groups excluding carboxylic acids is 1. The van der Waals surface area contributed by atoms with Crippen molar-refractivity contribution in [1.29, 1.82) is 0 Å². The smallest absolute Gasteiger partial charge is 0.227 e. The first kappa shape index (κ1) is 19.1. The van der Waals surface area contributed by atoms with Crippen LogP contribution in [-0.4, -0.2) is 47.1 Å². The van der Waals surface area contributed by atoms with Crippen LogP contribution < -0.4 is 4.90 Å². The fourth-order valence-corrected chi connectivity index (χ4v) is 3.56. The first-order valence-corrected chi connectivity index (χ1v) is 9.77. The van der Waals surface area contributed by atoms with Crippen LogP contribution in [0.15, 0.2) is 53.1 Å². The summed E-state index contributed by atoms with van der Waals surface area (Å²) in [5.41, 5.74) is 3.17. The molecule has 0 N–H and O–H groups in total. The van der Waals surface area contributed by atoms with E-state index in [4.69, 9.17) is 4.52 Å². The minimum absolute atomic E-state index is 0.0935. The monoisotopic (exact) mass is 394 g/mol. The molecule has 2 aromatic carbocycles. The molecule has 1 aliphatic rings. The standard InChI is InChI=1S/C22H23FN4O2/c1-16-4-2-3-5-19(16)26-12-14-27(15-13-26)21(28)11-10-20-24-22(25-29-20)17-6-8-18(23)9-7-17/h2-9H,10-15H2,1H3. The van der Waals surface area contributed by atoms with Crippen LogP contribution in [-0.2, 0) is 11.2 Å². The Bertz CT molecular complexity index is 978. The lowest BCUT2D eigenvalue weighted by atomic mass is 10.1. The summed E-state index contributed by atoms with van der Waals surface area (Å²) >= 11 is 0. The number of hydrogen-bond acceptors (Lipinski definition) is 5. The van der Waals surface area contributed by atoms with Gasteiger partial charge in [0.2, 0.25) is 17.6 Å². The Morgan fingerprint density at radius 3 is 2.52 bits per heavy atom. The van der Waals surface area contributed by atoms with Gasteiger partial charge < -0.3 is 14.3 Å². The molecule has 0 saturated carbocycles. The van der Waals surface area contributed by atoms with Gasteiger partial charge in [0.15, 0.2) is 0 Å². The second kappa shape index (κ2) is 8.43. The number of rotatable bonds is 5. The van der Waals surface area contributed by atoms with E-state index in [0.29, 0.717) is 43.2 Å². The Morgan fingerprint density at radius 1 is 1.07 bits per heavy atom. The molecule has 150 valence electrons. The lowest BCUT2D eigenvalue weighted by Gasteiger charge is -2.36. The number of aryl methyl sites for hydroxylation is 2. The van der Waals surface area contributed by atoms with Crippen molar-refractivity contribution < 1.29 is 13.7 Å². The molecule has 6 nitrogen and oxygen atoms in total. The largest absolute Gasteiger partial charge is 0.368 e. The number of piperazine rings is 1. The van der Waals surface area contributed by atoms with Crippen LogP contribution in [0.3, 0.4) is 0 Å². The molecule has 1 aliphatic heterocycles. The Kier molecular flexibility index (Phi) is 5.55. The van der Waals surface area contributed by atoms with E-state index in [0.717, 1.165) is 13.1 Å². The van der Waals surface area contributed by atoms with Crippen molar-refractivity contribution >= 4 is 11.6 Å². The maximum Gasteiger partial charge on any atom is 0.227 e. The van der Waals surface area contributed by atoms with E-state index in [1.807, 2.05) is 17.0 Å². The second-order valence-electron chi connectivity index (χ2n) is 7.17. The van der Waals surface area contributed by atoms with Gasteiger partial charge in [-0.2, -0.15) is 4.98 Å². The molecule has 29 heavy (non-hydrogen) atoms. The number of carbonyl (C=O) groups is 1. The summed E-state index contributed by atoms with van der Waals surface area (Å²) in [7, 11) is 0. The fourth-order valence-electron chi connectivity index (χ4n) is 3.56. The first-order valence-electron chi connectivity index (χ1n) is 9.77. The van der Waals surface area contributed by atoms with E-state index in [1.54, 1.807) is 12.1 Å². The Balaban J connectivity index is 1.29. The summed E-state index contributed by atoms with van der Waals surface area (Å²) in [5.74, 6) is 0.595. The number of nitrogens with zero attached hydrogens (tertiary/aromatic N) is 4. The molecule has 2 heterocycles. The van der Waals surface area contributed by atoms with Crippen molar-refractivity contribution in [2.24, 2.45) is 0 Å². The van der Waals surface area contributed by atoms with Crippen molar-refractivity contribution in [2.45, 2.75) is 19.8 Å². The van der Waals surface area contributed by atoms with Gasteiger partial charge in [0.05, 0.1) is 0 Å². The van der Waals surface area contributed by atoms with E-state index in [2.05, 4.69) is 34.1 Å². The van der Waals surface area contributed by atoms with Crippen LogP contribution in [0.25, 0.3) is 11.4 Å². The summed E-state index contributed by atoms with van der Waals surface area (Å²) in [4.78, 5) is 21.1. The topological polar surface area (TPSA) is 62.5 Å². The summed E-state index contributed by atoms with van der Waals surface area (Å²) in [5, 5.41) is 3.92. The molecule has 3 aromatic rings. The van der Waals surface area contributed by atoms with Crippen LogP contribution in [0.1, 0.15) is 17.9 Å². The molecule has 4 rings (SSSR count). The predicted octanol–water partition coefficient (Wildman–Crippen LogP) is 3.47. The van der Waals surface area contributed by atoms with E-state index in [1.165, 1.54) is 23.4 Å². The molecule has 0 bridgehead atoms. The Hall–Kier alpha value is -3.22. The minimum atomic E-state index is -0.314. The molecule has 0 spiro atoms. The zero-order valence-electron chi connectivity index (χ0n) is 16.3. The lowest BCUT2D eigenvalue weighted by Crippen LogP contribution is -2.49. The van der Waals surface area contributed by atoms with Gasteiger partial charge >= 0.3 is 0 Å². The van der Waals surface area contributed by atoms with Crippen molar-refractivity contribution in [3.8, 4) is 11.4 Å². The van der Waals surface area contributed by atoms with Gasteiger partial charge in [-0.3, -0.25) is 4.79 Å². The SMILES string of the molecule is Cc1ccccc1N1CCN(C(=O)CCc2nc(-c3ccc(F)cc3)no2)CC1. The highest BCUT2D eigenvalue weighted by atomic mass is 19.1. The molecule has 1 fully saturated rings. The maximum absolute atomic E-state index is 13.0.